The van der Waals surface area contributed by atoms with Crippen LogP contribution in [0.3, 0.4) is 0 Å². The van der Waals surface area contributed by atoms with Crippen LogP contribution in [0.25, 0.3) is 0 Å². The highest BCUT2D eigenvalue weighted by Crippen LogP contribution is 2.23. The van der Waals surface area contributed by atoms with Crippen LogP contribution in [-0.2, 0) is 4.79 Å². The molecule has 0 radical (unpaired) electrons. The third-order valence-corrected chi connectivity index (χ3v) is 5.82. The molecule has 0 saturated heterocycles. The smallest absolute Gasteiger partial charge is 0.209 e. The fourth-order valence-electron chi connectivity index (χ4n) is 3.93. The van der Waals surface area contributed by atoms with Crippen LogP contribution in [0.1, 0.15) is 104 Å². The number of nitrogens with two attached hydrogens (primary N) is 1. The number of hydrogen-bond donors (Lipinski definition) is 1. The van der Waals surface area contributed by atoms with Crippen molar-refractivity contribution >= 4 is 11.8 Å². The van der Waals surface area contributed by atoms with Gasteiger partial charge in [-0.15, -0.1) is 0 Å². The molecule has 5 nitrogen and oxygen atoms in total. The van der Waals surface area contributed by atoms with E-state index in [1.165, 1.54) is 64.2 Å². The van der Waals surface area contributed by atoms with E-state index >= 15 is 0 Å². The van der Waals surface area contributed by atoms with Crippen LogP contribution in [0.15, 0.2) is 29.5 Å². The first-order valence-electron chi connectivity index (χ1n) is 11.8. The maximum atomic E-state index is 11.1. The third kappa shape index (κ3) is 10.2. The second-order valence-corrected chi connectivity index (χ2v) is 8.38. The summed E-state index contributed by atoms with van der Waals surface area (Å²) in [5.74, 6) is -0.260. The molecule has 0 aromatic rings. The van der Waals surface area contributed by atoms with E-state index in [1.54, 1.807) is 12.4 Å². The van der Waals surface area contributed by atoms with Crippen molar-refractivity contribution in [2.24, 2.45) is 10.7 Å². The number of hydrogen-bond acceptors (Lipinski definition) is 4. The maximum absolute atomic E-state index is 11.1. The van der Waals surface area contributed by atoms with Crippen molar-refractivity contribution in [3.8, 4) is 0 Å². The summed E-state index contributed by atoms with van der Waals surface area (Å²) < 4.78 is 0.0940. The lowest BCUT2D eigenvalue weighted by Crippen LogP contribution is -2.60. The van der Waals surface area contributed by atoms with Gasteiger partial charge in [-0.3, -0.25) is 5.73 Å². The molecule has 1 aliphatic rings. The van der Waals surface area contributed by atoms with Gasteiger partial charge in [-0.25, -0.2) is 9.48 Å². The molecule has 0 aromatic heterocycles. The monoisotopic (exact) mass is 405 g/mol. The average Bonchev–Trinajstić information content (AvgIpc) is 3.08. The Kier molecular flexibility index (Phi) is 13.6. The molecule has 1 aliphatic heterocycles. The number of aliphatic imine (C=N–C) groups is 1. The summed E-state index contributed by atoms with van der Waals surface area (Å²) in [7, 11) is 0. The summed E-state index contributed by atoms with van der Waals surface area (Å²) in [4.78, 5) is 15.5. The van der Waals surface area contributed by atoms with Crippen LogP contribution in [0, 0.1) is 0 Å². The first kappa shape index (κ1) is 25.6. The van der Waals surface area contributed by atoms with E-state index in [2.05, 4.69) is 24.1 Å². The Hall–Kier alpha value is -1.46. The number of amidine groups is 1. The number of carbonyl (C=O) groups excluding carboxylic acids is 1. The number of allylic oxidation sites excluding steroid dienone is 2. The topological polar surface area (TPSA) is 78.5 Å². The molecule has 0 aromatic carbocycles. The standard InChI is InChI=1S/C24H43N3O2/c1-3-4-5-6-7-8-9-10-11-12-13-14-15-16-17-18-23-26-19-20-27(23,22(2)25)21-24(28)29/h13-14,19-20,22H,3-12,15-18,21,25H2,1-2H3/b14-13+. The molecule has 0 aliphatic carbocycles. The van der Waals surface area contributed by atoms with Crippen LogP contribution >= 0.6 is 0 Å². The van der Waals surface area contributed by atoms with Gasteiger partial charge in [0.05, 0.1) is 12.2 Å². The van der Waals surface area contributed by atoms with Crippen LogP contribution < -0.4 is 10.8 Å². The van der Waals surface area contributed by atoms with Gasteiger partial charge in [-0.2, -0.15) is 0 Å². The van der Waals surface area contributed by atoms with E-state index < -0.39 is 5.97 Å². The minimum Gasteiger partial charge on any atom is -0.544 e. The second kappa shape index (κ2) is 15.4. The first-order chi connectivity index (χ1) is 14.0. The van der Waals surface area contributed by atoms with Crippen molar-refractivity contribution in [2.45, 2.75) is 110 Å². The molecule has 0 amide bonds. The van der Waals surface area contributed by atoms with E-state index in [1.807, 2.05) is 6.92 Å². The molecule has 2 atom stereocenters. The number of rotatable bonds is 18. The van der Waals surface area contributed by atoms with Crippen molar-refractivity contribution in [1.29, 1.82) is 0 Å². The predicted molar refractivity (Wildman–Crippen MR) is 120 cm³/mol. The third-order valence-electron chi connectivity index (χ3n) is 5.82. The number of quaternary nitrogens is 1. The maximum Gasteiger partial charge on any atom is 0.209 e. The Morgan fingerprint density at radius 3 is 2.14 bits per heavy atom. The van der Waals surface area contributed by atoms with Gasteiger partial charge in [0.1, 0.15) is 18.9 Å². The SMILES string of the molecule is CCCCCCCCCCC/C=C/CCCCC1=NC=C[N+]1(CC(=O)[O-])C(C)N. The molecule has 2 unspecified atom stereocenters. The molecule has 0 saturated carbocycles. The zero-order valence-corrected chi connectivity index (χ0v) is 18.8. The number of carboxylic acid groups (broad SMARTS) is 1. The lowest BCUT2D eigenvalue weighted by atomic mass is 10.1. The van der Waals surface area contributed by atoms with Gasteiger partial charge in [0.25, 0.3) is 0 Å². The van der Waals surface area contributed by atoms with Crippen molar-refractivity contribution in [3.05, 3.63) is 24.6 Å². The van der Waals surface area contributed by atoms with Crippen LogP contribution in [0.2, 0.25) is 0 Å². The quantitative estimate of drug-likeness (QED) is 0.202. The normalized spacial score (nSPS) is 19.8. The van der Waals surface area contributed by atoms with E-state index in [0.29, 0.717) is 0 Å². The summed E-state index contributed by atoms with van der Waals surface area (Å²) in [5, 5.41) is 11.1. The molecule has 29 heavy (non-hydrogen) atoms. The fraction of sp³-hybridized carbons (Fsp3) is 0.750. The van der Waals surface area contributed by atoms with Crippen molar-refractivity contribution < 1.29 is 14.4 Å². The molecular formula is C24H43N3O2. The minimum atomic E-state index is -1.10. The first-order valence-corrected chi connectivity index (χ1v) is 11.8. The summed E-state index contributed by atoms with van der Waals surface area (Å²) >= 11 is 0. The number of unbranched alkanes of at least 4 members (excludes halogenated alkanes) is 11. The minimum absolute atomic E-state index is 0.0940. The summed E-state index contributed by atoms with van der Waals surface area (Å²) in [6, 6.07) is 0. The van der Waals surface area contributed by atoms with Gasteiger partial charge in [0.15, 0.2) is 0 Å². The molecule has 1 heterocycles. The largest absolute Gasteiger partial charge is 0.544 e. The van der Waals surface area contributed by atoms with E-state index in [0.717, 1.165) is 31.5 Å². The molecule has 0 fully saturated rings. The molecule has 5 heteroatoms. The zero-order chi connectivity index (χ0) is 21.4. The molecular weight excluding hydrogens is 362 g/mol. The highest BCUT2D eigenvalue weighted by Gasteiger charge is 2.38. The van der Waals surface area contributed by atoms with Gasteiger partial charge in [-0.05, 0) is 32.1 Å². The summed E-state index contributed by atoms with van der Waals surface area (Å²) in [6.45, 7) is 3.94. The van der Waals surface area contributed by atoms with Crippen LogP contribution in [0.4, 0.5) is 0 Å². The van der Waals surface area contributed by atoms with E-state index in [-0.39, 0.29) is 17.2 Å². The van der Waals surface area contributed by atoms with Crippen molar-refractivity contribution in [2.75, 3.05) is 6.54 Å². The van der Waals surface area contributed by atoms with Crippen LogP contribution in [-0.4, -0.2) is 29.0 Å². The Balaban J connectivity index is 2.07. The van der Waals surface area contributed by atoms with Crippen LogP contribution in [0.5, 0.6) is 0 Å². The highest BCUT2D eigenvalue weighted by molar-refractivity contribution is 5.81. The number of carbonyl (C=O) groups is 1. The average molecular weight is 406 g/mol. The Morgan fingerprint density at radius 2 is 1.59 bits per heavy atom. The number of nitrogens with zero attached hydrogens (tertiary/aromatic N) is 2. The van der Waals surface area contributed by atoms with Gasteiger partial charge >= 0.3 is 0 Å². The van der Waals surface area contributed by atoms with Gasteiger partial charge in [0.2, 0.25) is 5.84 Å². The predicted octanol–water partition coefficient (Wildman–Crippen LogP) is 4.78. The molecule has 0 spiro atoms. The molecule has 2 N–H and O–H groups in total. The molecule has 1 rings (SSSR count). The highest BCUT2D eigenvalue weighted by atomic mass is 16.4. The Bertz CT molecular complexity index is 540. The van der Waals surface area contributed by atoms with E-state index in [9.17, 15) is 9.90 Å². The lowest BCUT2D eigenvalue weighted by Gasteiger charge is -2.36. The summed E-state index contributed by atoms with van der Waals surface area (Å²) in [5.41, 5.74) is 6.07. The zero-order valence-electron chi connectivity index (χ0n) is 18.8. The second-order valence-electron chi connectivity index (χ2n) is 8.38. The summed E-state index contributed by atoms with van der Waals surface area (Å²) in [6.07, 6.45) is 25.2. The Labute approximate surface area is 178 Å². The number of carboxylic acids is 1. The van der Waals surface area contributed by atoms with Gasteiger partial charge in [-0.1, -0.05) is 70.4 Å². The van der Waals surface area contributed by atoms with E-state index in [4.69, 9.17) is 5.73 Å². The molecule has 166 valence electrons. The molecule has 0 bridgehead atoms. The lowest BCUT2D eigenvalue weighted by molar-refractivity contribution is -0.808. The van der Waals surface area contributed by atoms with Gasteiger partial charge in [0, 0.05) is 13.3 Å². The van der Waals surface area contributed by atoms with Crippen molar-refractivity contribution in [3.63, 3.8) is 0 Å². The van der Waals surface area contributed by atoms with Crippen molar-refractivity contribution in [1.82, 2.24) is 0 Å². The van der Waals surface area contributed by atoms with Gasteiger partial charge < -0.3 is 9.90 Å². The Morgan fingerprint density at radius 1 is 1.03 bits per heavy atom. The number of aliphatic carboxylic acids is 1. The fourth-order valence-corrected chi connectivity index (χ4v) is 3.93.